The van der Waals surface area contributed by atoms with Crippen molar-refractivity contribution < 1.29 is 4.79 Å². The van der Waals surface area contributed by atoms with Crippen molar-refractivity contribution in [2.45, 2.75) is 19.4 Å². The van der Waals surface area contributed by atoms with Gasteiger partial charge < -0.3 is 15.5 Å². The highest BCUT2D eigenvalue weighted by molar-refractivity contribution is 6.04. The maximum atomic E-state index is 11.8. The zero-order chi connectivity index (χ0) is 12.6. The fourth-order valence-corrected chi connectivity index (χ4v) is 2.25. The Morgan fingerprint density at radius 3 is 2.82 bits per heavy atom. The zero-order valence-electron chi connectivity index (χ0n) is 10.6. The first-order valence-electron chi connectivity index (χ1n) is 5.94. The second kappa shape index (κ2) is 4.37. The normalized spacial score (nSPS) is 18.5. The van der Waals surface area contributed by atoms with Crippen molar-refractivity contribution in [1.82, 2.24) is 0 Å². The Balaban J connectivity index is 2.36. The van der Waals surface area contributed by atoms with Gasteiger partial charge in [-0.2, -0.15) is 0 Å². The van der Waals surface area contributed by atoms with Crippen LogP contribution in [0.4, 0.5) is 11.4 Å². The molecular weight excluding hydrogens is 214 g/mol. The topological polar surface area (TPSA) is 49.6 Å². The first-order valence-corrected chi connectivity index (χ1v) is 5.94. The number of amides is 1. The molecule has 2 N–H and O–H groups in total. The fraction of sp³-hybridized carbons (Fsp3) is 0.462. The molecule has 17 heavy (non-hydrogen) atoms. The van der Waals surface area contributed by atoms with Crippen LogP contribution in [0.15, 0.2) is 18.2 Å². The van der Waals surface area contributed by atoms with Crippen molar-refractivity contribution in [2.75, 3.05) is 30.4 Å². The summed E-state index contributed by atoms with van der Waals surface area (Å²) in [4.78, 5) is 15.6. The minimum atomic E-state index is -0.500. The zero-order valence-corrected chi connectivity index (χ0v) is 10.6. The molecule has 2 rings (SSSR count). The van der Waals surface area contributed by atoms with Gasteiger partial charge in [0.15, 0.2) is 0 Å². The van der Waals surface area contributed by atoms with Crippen LogP contribution in [0.1, 0.15) is 24.9 Å². The molecule has 0 aliphatic carbocycles. The van der Waals surface area contributed by atoms with E-state index in [-0.39, 0.29) is 5.91 Å². The second-order valence-corrected chi connectivity index (χ2v) is 4.54. The molecule has 1 unspecified atom stereocenters. The predicted molar refractivity (Wildman–Crippen MR) is 70.3 cm³/mol. The molecule has 1 aliphatic rings. The number of rotatable bonds is 3. The maximum absolute atomic E-state index is 11.8. The van der Waals surface area contributed by atoms with Gasteiger partial charge in [-0.05, 0) is 18.6 Å². The number of nitrogens with two attached hydrogens (primary N) is 1. The van der Waals surface area contributed by atoms with E-state index in [0.29, 0.717) is 0 Å². The lowest BCUT2D eigenvalue weighted by Gasteiger charge is -2.20. The minimum Gasteiger partial charge on any atom is -0.375 e. The summed E-state index contributed by atoms with van der Waals surface area (Å²) < 4.78 is 0. The maximum Gasteiger partial charge on any atom is 0.248 e. The smallest absolute Gasteiger partial charge is 0.248 e. The molecule has 92 valence electrons. The van der Waals surface area contributed by atoms with E-state index in [9.17, 15) is 4.79 Å². The van der Waals surface area contributed by atoms with Gasteiger partial charge >= 0.3 is 0 Å². The molecule has 0 saturated heterocycles. The van der Waals surface area contributed by atoms with Crippen molar-refractivity contribution in [2.24, 2.45) is 5.73 Å². The fourth-order valence-electron chi connectivity index (χ4n) is 2.25. The first-order chi connectivity index (χ1) is 8.06. The number of benzene rings is 1. The van der Waals surface area contributed by atoms with Crippen molar-refractivity contribution in [1.29, 1.82) is 0 Å². The highest BCUT2D eigenvalue weighted by Crippen LogP contribution is 2.36. The summed E-state index contributed by atoms with van der Waals surface area (Å²) in [6.45, 7) is 3.15. The number of nitrogens with zero attached hydrogens (tertiary/aromatic N) is 2. The quantitative estimate of drug-likeness (QED) is 0.861. The molecule has 4 nitrogen and oxygen atoms in total. The summed E-state index contributed by atoms with van der Waals surface area (Å²) >= 11 is 0. The third kappa shape index (κ3) is 1.89. The molecule has 0 radical (unpaired) electrons. The summed E-state index contributed by atoms with van der Waals surface area (Å²) in [5, 5.41) is 0. The van der Waals surface area contributed by atoms with Crippen LogP contribution in [-0.4, -0.2) is 26.5 Å². The van der Waals surface area contributed by atoms with Gasteiger partial charge in [-0.15, -0.1) is 0 Å². The number of anilines is 2. The monoisotopic (exact) mass is 233 g/mol. The van der Waals surface area contributed by atoms with Crippen LogP contribution in [0.25, 0.3) is 0 Å². The third-order valence-electron chi connectivity index (χ3n) is 3.31. The van der Waals surface area contributed by atoms with E-state index in [1.165, 1.54) is 0 Å². The van der Waals surface area contributed by atoms with Gasteiger partial charge in [0.25, 0.3) is 0 Å². The Morgan fingerprint density at radius 2 is 2.18 bits per heavy atom. The lowest BCUT2D eigenvalue weighted by atomic mass is 10.1. The van der Waals surface area contributed by atoms with Gasteiger partial charge in [-0.25, -0.2) is 0 Å². The summed E-state index contributed by atoms with van der Waals surface area (Å²) in [6, 6.07) is 5.53. The summed E-state index contributed by atoms with van der Waals surface area (Å²) in [6.07, 6.45) is 1.10. The lowest BCUT2D eigenvalue weighted by Crippen LogP contribution is -2.27. The van der Waals surface area contributed by atoms with E-state index in [1.807, 2.05) is 18.2 Å². The highest BCUT2D eigenvalue weighted by atomic mass is 16.2. The van der Waals surface area contributed by atoms with Crippen molar-refractivity contribution in [3.63, 3.8) is 0 Å². The minimum absolute atomic E-state index is 0.0321. The van der Waals surface area contributed by atoms with Gasteiger partial charge in [-0.3, -0.25) is 4.79 Å². The van der Waals surface area contributed by atoms with Crippen LogP contribution < -0.4 is 15.5 Å². The standard InChI is InChI=1S/C13H19N3O/c1-4-7-15(2)9-5-6-10-11(8-9)16(3)13(17)12(10)14/h5-6,8,12H,4,7,14H2,1-3H3. The van der Waals surface area contributed by atoms with E-state index >= 15 is 0 Å². The van der Waals surface area contributed by atoms with E-state index < -0.39 is 6.04 Å². The number of fused-ring (bicyclic) bond motifs is 1. The average Bonchev–Trinajstić information content (AvgIpc) is 2.55. The molecule has 1 heterocycles. The molecule has 1 aromatic carbocycles. The second-order valence-electron chi connectivity index (χ2n) is 4.54. The van der Waals surface area contributed by atoms with Crippen molar-refractivity contribution in [3.05, 3.63) is 23.8 Å². The van der Waals surface area contributed by atoms with E-state index in [0.717, 1.165) is 29.9 Å². The Hall–Kier alpha value is -1.55. The Morgan fingerprint density at radius 1 is 1.47 bits per heavy atom. The van der Waals surface area contributed by atoms with Crippen LogP contribution >= 0.6 is 0 Å². The molecule has 1 amide bonds. The SMILES string of the molecule is CCCN(C)c1ccc2c(c1)N(C)C(=O)C2N. The first kappa shape index (κ1) is 11.9. The van der Waals surface area contributed by atoms with Crippen LogP contribution in [0.3, 0.4) is 0 Å². The van der Waals surface area contributed by atoms with Crippen LogP contribution in [-0.2, 0) is 4.79 Å². The van der Waals surface area contributed by atoms with Crippen molar-refractivity contribution in [3.8, 4) is 0 Å². The van der Waals surface area contributed by atoms with Crippen LogP contribution in [0.2, 0.25) is 0 Å². The van der Waals surface area contributed by atoms with Crippen molar-refractivity contribution >= 4 is 17.3 Å². The molecule has 1 atom stereocenters. The number of carbonyl (C=O) groups excluding carboxylic acids is 1. The number of likely N-dealkylation sites (N-methyl/N-ethyl adjacent to an activating group) is 1. The highest BCUT2D eigenvalue weighted by Gasteiger charge is 2.32. The number of carbonyl (C=O) groups is 1. The summed E-state index contributed by atoms with van der Waals surface area (Å²) in [5.41, 5.74) is 8.84. The molecule has 4 heteroatoms. The third-order valence-corrected chi connectivity index (χ3v) is 3.31. The molecule has 0 fully saturated rings. The van der Waals surface area contributed by atoms with Gasteiger partial charge in [0, 0.05) is 31.9 Å². The van der Waals surface area contributed by atoms with Crippen LogP contribution in [0, 0.1) is 0 Å². The van der Waals surface area contributed by atoms with E-state index in [2.05, 4.69) is 18.9 Å². The van der Waals surface area contributed by atoms with Gasteiger partial charge in [0.1, 0.15) is 6.04 Å². The predicted octanol–water partition coefficient (Wildman–Crippen LogP) is 1.51. The lowest BCUT2D eigenvalue weighted by molar-refractivity contribution is -0.118. The van der Waals surface area contributed by atoms with Crippen LogP contribution in [0.5, 0.6) is 0 Å². The van der Waals surface area contributed by atoms with Gasteiger partial charge in [0.05, 0.1) is 5.69 Å². The summed E-state index contributed by atoms with van der Waals surface area (Å²) in [5.74, 6) is -0.0321. The molecule has 0 bridgehead atoms. The largest absolute Gasteiger partial charge is 0.375 e. The molecule has 0 aromatic heterocycles. The van der Waals surface area contributed by atoms with E-state index in [4.69, 9.17) is 5.73 Å². The Labute approximate surface area is 102 Å². The number of hydrogen-bond donors (Lipinski definition) is 1. The average molecular weight is 233 g/mol. The Kier molecular flexibility index (Phi) is 3.07. The Bertz CT molecular complexity index is 444. The molecule has 1 aliphatic heterocycles. The van der Waals surface area contributed by atoms with E-state index in [1.54, 1.807) is 11.9 Å². The molecule has 0 spiro atoms. The van der Waals surface area contributed by atoms with Gasteiger partial charge in [0.2, 0.25) is 5.91 Å². The molecule has 1 aromatic rings. The molecule has 0 saturated carbocycles. The van der Waals surface area contributed by atoms with Gasteiger partial charge in [-0.1, -0.05) is 13.0 Å². The summed E-state index contributed by atoms with van der Waals surface area (Å²) in [7, 11) is 3.83. The molecular formula is C13H19N3O. The number of hydrogen-bond acceptors (Lipinski definition) is 3.